The van der Waals surface area contributed by atoms with Gasteiger partial charge in [0.1, 0.15) is 0 Å². The summed E-state index contributed by atoms with van der Waals surface area (Å²) in [7, 11) is 1.77. The molecule has 1 aliphatic heterocycles. The Balaban J connectivity index is 1.60. The van der Waals surface area contributed by atoms with E-state index in [4.69, 9.17) is 4.74 Å². The minimum Gasteiger partial charge on any atom is -0.394 e. The Morgan fingerprint density at radius 1 is 1.18 bits per heavy atom. The van der Waals surface area contributed by atoms with Gasteiger partial charge >= 0.3 is 6.18 Å². The molecular weight excluding hydrogens is 449 g/mol. The Hall–Kier alpha value is -3.37. The van der Waals surface area contributed by atoms with Crippen molar-refractivity contribution in [2.75, 3.05) is 19.8 Å². The van der Waals surface area contributed by atoms with Gasteiger partial charge in [0, 0.05) is 41.8 Å². The van der Waals surface area contributed by atoms with E-state index in [0.29, 0.717) is 30.0 Å². The maximum atomic E-state index is 13.3. The van der Waals surface area contributed by atoms with Crippen molar-refractivity contribution in [3.63, 3.8) is 0 Å². The molecule has 2 aromatic heterocycles. The number of carbonyl (C=O) groups excluding carboxylic acids is 1. The lowest BCUT2D eigenvalue weighted by Gasteiger charge is -2.37. The Morgan fingerprint density at radius 3 is 2.59 bits per heavy atom. The van der Waals surface area contributed by atoms with Crippen LogP contribution in [0.5, 0.6) is 0 Å². The predicted molar refractivity (Wildman–Crippen MR) is 120 cm³/mol. The van der Waals surface area contributed by atoms with Crippen molar-refractivity contribution in [2.24, 2.45) is 7.05 Å². The molecule has 1 saturated heterocycles. The van der Waals surface area contributed by atoms with Gasteiger partial charge in [-0.25, -0.2) is 0 Å². The minimum absolute atomic E-state index is 0.138. The van der Waals surface area contributed by atoms with Crippen LogP contribution in [0.25, 0.3) is 27.6 Å². The molecule has 0 radical (unpaired) electrons. The number of amides is 1. The molecule has 0 saturated carbocycles. The number of benzene rings is 2. The first kappa shape index (κ1) is 22.4. The molecule has 2 unspecified atom stereocenters. The first-order chi connectivity index (χ1) is 16.2. The van der Waals surface area contributed by atoms with Crippen LogP contribution in [0.2, 0.25) is 0 Å². The first-order valence-electron chi connectivity index (χ1n) is 10.9. The number of halogens is 3. The molecule has 7 nitrogen and oxygen atoms in total. The normalized spacial score (nSPS) is 19.3. The molecule has 34 heavy (non-hydrogen) atoms. The fourth-order valence-corrected chi connectivity index (χ4v) is 4.46. The van der Waals surface area contributed by atoms with Crippen molar-refractivity contribution in [3.05, 3.63) is 59.8 Å². The lowest BCUT2D eigenvalue weighted by atomic mass is 10.1. The van der Waals surface area contributed by atoms with Crippen LogP contribution in [0.1, 0.15) is 22.8 Å². The number of nitrogens with zero attached hydrogens (tertiary/aromatic N) is 4. The molecule has 1 fully saturated rings. The number of aliphatic hydroxyl groups excluding tert-OH is 1. The van der Waals surface area contributed by atoms with Gasteiger partial charge in [-0.2, -0.15) is 18.3 Å². The van der Waals surface area contributed by atoms with Gasteiger partial charge in [0.05, 0.1) is 36.4 Å². The molecule has 178 valence electrons. The number of alkyl halides is 3. The van der Waals surface area contributed by atoms with Crippen LogP contribution in [-0.4, -0.2) is 62.2 Å². The zero-order valence-corrected chi connectivity index (χ0v) is 18.6. The van der Waals surface area contributed by atoms with E-state index in [0.717, 1.165) is 28.4 Å². The summed E-state index contributed by atoms with van der Waals surface area (Å²) in [5.74, 6) is -0.171. The van der Waals surface area contributed by atoms with Crippen LogP contribution in [0.4, 0.5) is 13.2 Å². The fraction of sp³-hybridized carbons (Fsp3) is 0.333. The minimum atomic E-state index is -4.42. The summed E-state index contributed by atoms with van der Waals surface area (Å²) in [6.45, 7) is 2.37. The number of morpholine rings is 1. The largest absolute Gasteiger partial charge is 0.416 e. The summed E-state index contributed by atoms with van der Waals surface area (Å²) in [6, 6.07) is 10.1. The van der Waals surface area contributed by atoms with Gasteiger partial charge in [0.25, 0.3) is 5.91 Å². The monoisotopic (exact) mass is 472 g/mol. The second kappa shape index (κ2) is 8.14. The number of hydrogen-bond acceptors (Lipinski definition) is 4. The van der Waals surface area contributed by atoms with Crippen LogP contribution >= 0.6 is 0 Å². The molecule has 2 aromatic carbocycles. The molecule has 4 aromatic rings. The van der Waals surface area contributed by atoms with Crippen LogP contribution < -0.4 is 0 Å². The highest BCUT2D eigenvalue weighted by molar-refractivity contribution is 6.10. The number of hydrogen-bond donors (Lipinski definition) is 1. The van der Waals surface area contributed by atoms with Crippen LogP contribution in [-0.2, 0) is 18.0 Å². The van der Waals surface area contributed by atoms with Gasteiger partial charge in [-0.05, 0) is 49.4 Å². The Kier molecular flexibility index (Phi) is 5.37. The van der Waals surface area contributed by atoms with E-state index in [2.05, 4.69) is 5.10 Å². The third kappa shape index (κ3) is 3.72. The lowest BCUT2D eigenvalue weighted by Crippen LogP contribution is -2.52. The molecule has 10 heteroatoms. The summed E-state index contributed by atoms with van der Waals surface area (Å²) in [5.41, 5.74) is 1.62. The quantitative estimate of drug-likeness (QED) is 0.493. The fourth-order valence-electron chi connectivity index (χ4n) is 4.46. The highest BCUT2D eigenvalue weighted by Gasteiger charge is 2.31. The molecule has 2 atom stereocenters. The summed E-state index contributed by atoms with van der Waals surface area (Å²) >= 11 is 0. The predicted octanol–water partition coefficient (Wildman–Crippen LogP) is 3.76. The number of fused-ring (bicyclic) bond motifs is 3. The van der Waals surface area contributed by atoms with Crippen LogP contribution in [0.3, 0.4) is 0 Å². The molecule has 1 N–H and O–H groups in total. The van der Waals surface area contributed by atoms with E-state index in [9.17, 15) is 23.1 Å². The van der Waals surface area contributed by atoms with E-state index < -0.39 is 17.8 Å². The Labute approximate surface area is 192 Å². The molecule has 0 aliphatic carbocycles. The maximum Gasteiger partial charge on any atom is 0.416 e. The lowest BCUT2D eigenvalue weighted by molar-refractivity contribution is -0.137. The SMILES string of the molecule is CC1COC(CO)CN1C(=O)c1ccc2c(c1)c1cn(C)nc1n2-c1ccc(C(F)(F)F)cc1. The number of carbonyl (C=O) groups is 1. The highest BCUT2D eigenvalue weighted by Crippen LogP contribution is 2.34. The molecule has 0 bridgehead atoms. The number of aryl methyl sites for hydroxylation is 1. The molecule has 1 amide bonds. The van der Waals surface area contributed by atoms with Gasteiger partial charge in [-0.1, -0.05) is 0 Å². The molecule has 3 heterocycles. The zero-order chi connectivity index (χ0) is 24.2. The first-order valence-corrected chi connectivity index (χ1v) is 10.9. The van der Waals surface area contributed by atoms with Crippen LogP contribution in [0.15, 0.2) is 48.7 Å². The van der Waals surface area contributed by atoms with Crippen LogP contribution in [0, 0.1) is 0 Å². The van der Waals surface area contributed by atoms with Crippen molar-refractivity contribution >= 4 is 27.8 Å². The van der Waals surface area contributed by atoms with Crippen molar-refractivity contribution in [3.8, 4) is 5.69 Å². The summed E-state index contributed by atoms with van der Waals surface area (Å²) in [4.78, 5) is 15.0. The van der Waals surface area contributed by atoms with E-state index in [1.807, 2.05) is 13.1 Å². The van der Waals surface area contributed by atoms with Crippen molar-refractivity contribution in [1.29, 1.82) is 0 Å². The van der Waals surface area contributed by atoms with Crippen molar-refractivity contribution in [1.82, 2.24) is 19.2 Å². The number of aliphatic hydroxyl groups is 1. The van der Waals surface area contributed by atoms with E-state index in [-0.39, 0.29) is 18.6 Å². The number of ether oxygens (including phenoxy) is 1. The van der Waals surface area contributed by atoms with Gasteiger partial charge in [-0.3, -0.25) is 14.0 Å². The average Bonchev–Trinajstić information content (AvgIpc) is 3.32. The summed E-state index contributed by atoms with van der Waals surface area (Å²) < 4.78 is 48.1. The number of rotatable bonds is 3. The van der Waals surface area contributed by atoms with Gasteiger partial charge < -0.3 is 14.7 Å². The Bertz CT molecular complexity index is 1370. The van der Waals surface area contributed by atoms with Gasteiger partial charge in [-0.15, -0.1) is 0 Å². The zero-order valence-electron chi connectivity index (χ0n) is 18.6. The Morgan fingerprint density at radius 2 is 1.91 bits per heavy atom. The molecule has 0 spiro atoms. The third-order valence-corrected chi connectivity index (χ3v) is 6.22. The topological polar surface area (TPSA) is 72.5 Å². The standard InChI is InChI=1S/C24H23F3N4O3/c1-14-13-34-18(12-32)10-30(14)23(33)15-3-8-21-19(9-15)20-11-29(2)28-22(20)31(21)17-6-4-16(5-7-17)24(25,26)27/h3-9,11,14,18,32H,10,12-13H2,1-2H3. The van der Waals surface area contributed by atoms with E-state index in [1.165, 1.54) is 12.1 Å². The molecular formula is C24H23F3N4O3. The van der Waals surface area contributed by atoms with Crippen molar-refractivity contribution < 1.29 is 27.8 Å². The third-order valence-electron chi connectivity index (χ3n) is 6.22. The van der Waals surface area contributed by atoms with E-state index >= 15 is 0 Å². The summed E-state index contributed by atoms with van der Waals surface area (Å²) in [5, 5.41) is 15.5. The van der Waals surface area contributed by atoms with Gasteiger partial charge in [0.15, 0.2) is 5.65 Å². The molecule has 1 aliphatic rings. The number of aromatic nitrogens is 3. The van der Waals surface area contributed by atoms with Gasteiger partial charge in [0.2, 0.25) is 0 Å². The summed E-state index contributed by atoms with van der Waals surface area (Å²) in [6.07, 6.45) is -3.01. The van der Waals surface area contributed by atoms with E-state index in [1.54, 1.807) is 39.4 Å². The second-order valence-corrected chi connectivity index (χ2v) is 8.60. The average molecular weight is 472 g/mol. The smallest absolute Gasteiger partial charge is 0.394 e. The second-order valence-electron chi connectivity index (χ2n) is 8.60. The van der Waals surface area contributed by atoms with Crippen molar-refractivity contribution in [2.45, 2.75) is 25.2 Å². The maximum absolute atomic E-state index is 13.3. The highest BCUT2D eigenvalue weighted by atomic mass is 19.4. The molecule has 5 rings (SSSR count).